The standard InChI is InChI=1S/C30H38F2N4O2/c1-20(2)38-25-11-6-8-22(16-25)19-35-15-14-30(18-21(35)3)28(33-27-13-5-4-12-26(27)32)34-29(37)36(30)24-10-7-9-23(31)17-24/h6-11,16-17,20-21,26-27H,4-5,12-15,18-19H2,1-3H3,(H,33,34,37)/t21-,26-,27-,30?/m0/s1. The number of piperidine rings is 1. The second-order valence-electron chi connectivity index (χ2n) is 11.2. The Morgan fingerprint density at radius 1 is 1.16 bits per heavy atom. The fraction of sp³-hybridized carbons (Fsp3) is 0.533. The van der Waals surface area contributed by atoms with Gasteiger partial charge in [-0.1, -0.05) is 31.0 Å². The Balaban J connectivity index is 1.44. The van der Waals surface area contributed by atoms with Crippen LogP contribution >= 0.6 is 0 Å². The van der Waals surface area contributed by atoms with Crippen LogP contribution in [-0.2, 0) is 6.54 Å². The molecule has 2 aliphatic heterocycles. The highest BCUT2D eigenvalue weighted by Gasteiger charge is 2.55. The van der Waals surface area contributed by atoms with Crippen molar-refractivity contribution in [2.24, 2.45) is 4.99 Å². The molecule has 5 rings (SSSR count). The fourth-order valence-corrected chi connectivity index (χ4v) is 6.23. The van der Waals surface area contributed by atoms with E-state index in [0.717, 1.165) is 30.7 Å². The van der Waals surface area contributed by atoms with Crippen LogP contribution in [0.3, 0.4) is 0 Å². The van der Waals surface area contributed by atoms with Crippen LogP contribution in [0.4, 0.5) is 19.3 Å². The number of carbonyl (C=O) groups is 1. The lowest BCUT2D eigenvalue weighted by molar-refractivity contribution is 0.123. The monoisotopic (exact) mass is 524 g/mol. The zero-order valence-electron chi connectivity index (χ0n) is 22.5. The van der Waals surface area contributed by atoms with Crippen molar-refractivity contribution < 1.29 is 18.3 Å². The molecule has 1 unspecified atom stereocenters. The van der Waals surface area contributed by atoms with E-state index in [9.17, 15) is 13.6 Å². The Kier molecular flexibility index (Phi) is 7.70. The minimum absolute atomic E-state index is 0.0971. The Bertz CT molecular complexity index is 1190. The Hall–Kier alpha value is -3.00. The first kappa shape index (κ1) is 26.6. The first-order valence-electron chi connectivity index (χ1n) is 13.8. The number of amidine groups is 1. The first-order valence-corrected chi connectivity index (χ1v) is 13.8. The van der Waals surface area contributed by atoms with Gasteiger partial charge in [0.2, 0.25) is 0 Å². The summed E-state index contributed by atoms with van der Waals surface area (Å²) in [4.78, 5) is 22.3. The Labute approximate surface area is 224 Å². The van der Waals surface area contributed by atoms with E-state index in [1.54, 1.807) is 17.0 Å². The summed E-state index contributed by atoms with van der Waals surface area (Å²) in [5.41, 5.74) is 0.873. The van der Waals surface area contributed by atoms with Crippen molar-refractivity contribution in [1.82, 2.24) is 10.2 Å². The summed E-state index contributed by atoms with van der Waals surface area (Å²) in [6.07, 6.45) is 3.28. The summed E-state index contributed by atoms with van der Waals surface area (Å²) in [6.45, 7) is 7.63. The molecule has 3 fully saturated rings. The van der Waals surface area contributed by atoms with Crippen LogP contribution in [0.2, 0.25) is 0 Å². The molecule has 2 heterocycles. The number of nitrogens with one attached hydrogen (secondary N) is 1. The number of hydrogen-bond donors (Lipinski definition) is 1. The van der Waals surface area contributed by atoms with Crippen molar-refractivity contribution in [3.05, 3.63) is 59.9 Å². The number of alkyl halides is 1. The first-order chi connectivity index (χ1) is 18.2. The molecule has 2 saturated heterocycles. The molecular formula is C30H38F2N4O2. The summed E-state index contributed by atoms with van der Waals surface area (Å²) < 4.78 is 35.0. The predicted molar refractivity (Wildman–Crippen MR) is 146 cm³/mol. The molecule has 6 nitrogen and oxygen atoms in total. The van der Waals surface area contributed by atoms with E-state index in [1.165, 1.54) is 12.1 Å². The van der Waals surface area contributed by atoms with Crippen LogP contribution < -0.4 is 15.0 Å². The maximum atomic E-state index is 14.8. The lowest BCUT2D eigenvalue weighted by atomic mass is 9.81. The third-order valence-corrected chi connectivity index (χ3v) is 8.03. The van der Waals surface area contributed by atoms with Crippen molar-refractivity contribution >= 4 is 17.6 Å². The average Bonchev–Trinajstić information content (AvgIpc) is 3.12. The largest absolute Gasteiger partial charge is 0.491 e. The SMILES string of the molecule is CC(C)Oc1cccc(CN2CCC3(C[C@@H]2C)C(=N[C@H]2CCCC[C@@H]2F)NC(=O)N3c2cccc(F)c2)c1. The number of ether oxygens (including phenoxy) is 1. The van der Waals surface area contributed by atoms with Crippen molar-refractivity contribution in [3.8, 4) is 5.75 Å². The number of anilines is 1. The normalized spacial score (nSPS) is 29.3. The number of urea groups is 1. The highest BCUT2D eigenvalue weighted by atomic mass is 19.1. The lowest BCUT2D eigenvalue weighted by Gasteiger charge is -2.47. The second kappa shape index (κ2) is 11.0. The van der Waals surface area contributed by atoms with Gasteiger partial charge in [0.15, 0.2) is 0 Å². The van der Waals surface area contributed by atoms with E-state index in [1.807, 2.05) is 26.0 Å². The summed E-state index contributed by atoms with van der Waals surface area (Å²) >= 11 is 0. The third-order valence-electron chi connectivity index (χ3n) is 8.03. The molecule has 2 aromatic rings. The number of nitrogens with zero attached hydrogens (tertiary/aromatic N) is 3. The number of hydrogen-bond acceptors (Lipinski definition) is 4. The zero-order chi connectivity index (χ0) is 26.9. The average molecular weight is 525 g/mol. The maximum absolute atomic E-state index is 14.8. The van der Waals surface area contributed by atoms with E-state index in [0.29, 0.717) is 43.8 Å². The van der Waals surface area contributed by atoms with E-state index in [4.69, 9.17) is 9.73 Å². The van der Waals surface area contributed by atoms with Crippen LogP contribution in [0.5, 0.6) is 5.75 Å². The van der Waals surface area contributed by atoms with Crippen molar-refractivity contribution in [2.75, 3.05) is 11.4 Å². The quantitative estimate of drug-likeness (QED) is 0.486. The summed E-state index contributed by atoms with van der Waals surface area (Å²) in [5.74, 6) is 0.977. The minimum Gasteiger partial charge on any atom is -0.491 e. The Morgan fingerprint density at radius 2 is 1.95 bits per heavy atom. The van der Waals surface area contributed by atoms with E-state index in [-0.39, 0.29) is 18.2 Å². The van der Waals surface area contributed by atoms with Gasteiger partial charge in [-0.2, -0.15) is 0 Å². The van der Waals surface area contributed by atoms with Gasteiger partial charge in [0.25, 0.3) is 0 Å². The Morgan fingerprint density at radius 3 is 2.68 bits per heavy atom. The molecular weight excluding hydrogens is 486 g/mol. The van der Waals surface area contributed by atoms with Gasteiger partial charge in [-0.25, -0.2) is 13.6 Å². The van der Waals surface area contributed by atoms with Crippen LogP contribution in [-0.4, -0.2) is 53.2 Å². The van der Waals surface area contributed by atoms with Gasteiger partial charge in [0.1, 0.15) is 29.1 Å². The van der Waals surface area contributed by atoms with Crippen molar-refractivity contribution in [3.63, 3.8) is 0 Å². The van der Waals surface area contributed by atoms with E-state index in [2.05, 4.69) is 29.3 Å². The lowest BCUT2D eigenvalue weighted by Crippen LogP contribution is -2.59. The van der Waals surface area contributed by atoms with Crippen molar-refractivity contribution in [1.29, 1.82) is 0 Å². The molecule has 0 radical (unpaired) electrons. The summed E-state index contributed by atoms with van der Waals surface area (Å²) in [6, 6.07) is 13.6. The number of amides is 2. The molecule has 1 aliphatic carbocycles. The van der Waals surface area contributed by atoms with Gasteiger partial charge < -0.3 is 4.74 Å². The van der Waals surface area contributed by atoms with Gasteiger partial charge in [0.05, 0.1) is 12.1 Å². The number of halogens is 2. The summed E-state index contributed by atoms with van der Waals surface area (Å²) in [7, 11) is 0. The topological polar surface area (TPSA) is 57.2 Å². The fourth-order valence-electron chi connectivity index (χ4n) is 6.23. The molecule has 4 atom stereocenters. The number of benzene rings is 2. The highest BCUT2D eigenvalue weighted by Crippen LogP contribution is 2.41. The number of rotatable bonds is 6. The van der Waals surface area contributed by atoms with Gasteiger partial charge in [-0.3, -0.25) is 20.1 Å². The van der Waals surface area contributed by atoms with Gasteiger partial charge in [-0.05, 0) is 82.3 Å². The molecule has 1 spiro atoms. The smallest absolute Gasteiger partial charge is 0.328 e. The molecule has 0 aromatic heterocycles. The van der Waals surface area contributed by atoms with Gasteiger partial charge >= 0.3 is 6.03 Å². The number of carbonyl (C=O) groups excluding carboxylic acids is 1. The van der Waals surface area contributed by atoms with Crippen LogP contribution in [0.25, 0.3) is 0 Å². The van der Waals surface area contributed by atoms with Crippen LogP contribution in [0.1, 0.15) is 64.9 Å². The van der Waals surface area contributed by atoms with Crippen molar-refractivity contribution in [2.45, 2.75) is 95.7 Å². The number of likely N-dealkylation sites (tertiary alicyclic amines) is 1. The van der Waals surface area contributed by atoms with E-state index >= 15 is 0 Å². The molecule has 8 heteroatoms. The molecule has 1 N–H and O–H groups in total. The zero-order valence-corrected chi connectivity index (χ0v) is 22.5. The molecule has 2 amide bonds. The molecule has 3 aliphatic rings. The molecule has 204 valence electrons. The predicted octanol–water partition coefficient (Wildman–Crippen LogP) is 6.25. The molecule has 38 heavy (non-hydrogen) atoms. The van der Waals surface area contributed by atoms with Crippen LogP contribution in [0.15, 0.2) is 53.5 Å². The molecule has 1 saturated carbocycles. The van der Waals surface area contributed by atoms with Crippen LogP contribution in [0, 0.1) is 5.82 Å². The second-order valence-corrected chi connectivity index (χ2v) is 11.2. The highest BCUT2D eigenvalue weighted by molar-refractivity contribution is 6.19. The van der Waals surface area contributed by atoms with E-state index < -0.39 is 23.6 Å². The maximum Gasteiger partial charge on any atom is 0.328 e. The number of aliphatic imine (C=N–C) groups is 1. The summed E-state index contributed by atoms with van der Waals surface area (Å²) in [5, 5.41) is 2.97. The molecule has 0 bridgehead atoms. The van der Waals surface area contributed by atoms with Gasteiger partial charge in [-0.15, -0.1) is 0 Å². The minimum atomic E-state index is -1.01. The molecule has 2 aromatic carbocycles. The third kappa shape index (κ3) is 5.41. The van der Waals surface area contributed by atoms with Gasteiger partial charge in [0, 0.05) is 24.8 Å².